The molecule has 1 fully saturated rings. The molecule has 2 N–H and O–H groups in total. The van der Waals surface area contributed by atoms with Crippen molar-refractivity contribution in [3.05, 3.63) is 28.1 Å². The lowest BCUT2D eigenvalue weighted by Crippen LogP contribution is -2.05. The third-order valence-electron chi connectivity index (χ3n) is 2.65. The minimum Gasteiger partial charge on any atom is -0.381 e. The Morgan fingerprint density at radius 1 is 1.53 bits per heavy atom. The molecule has 0 aromatic carbocycles. The van der Waals surface area contributed by atoms with Gasteiger partial charge >= 0.3 is 0 Å². The third kappa shape index (κ3) is 1.63. The average Bonchev–Trinajstić information content (AvgIpc) is 2.80. The number of aromatic nitrogens is 3. The highest BCUT2D eigenvalue weighted by atomic mass is 32.1. The molecule has 1 saturated carbocycles. The zero-order chi connectivity index (χ0) is 10.3. The Labute approximate surface area is 91.7 Å². The molecule has 5 heteroatoms. The topological polar surface area (TPSA) is 56.7 Å². The van der Waals surface area contributed by atoms with Gasteiger partial charge in [-0.15, -0.1) is 16.4 Å². The van der Waals surface area contributed by atoms with Crippen LogP contribution in [0.5, 0.6) is 0 Å². The molecule has 1 aliphatic carbocycles. The predicted octanol–water partition coefficient (Wildman–Crippen LogP) is 1.85. The minimum absolute atomic E-state index is 0.597. The number of anilines is 1. The van der Waals surface area contributed by atoms with Crippen molar-refractivity contribution >= 4 is 17.2 Å². The normalized spacial score (nSPS) is 15.7. The van der Waals surface area contributed by atoms with Crippen molar-refractivity contribution in [3.8, 4) is 0 Å². The molecule has 0 bridgehead atoms. The van der Waals surface area contributed by atoms with E-state index in [4.69, 9.17) is 5.73 Å². The second-order valence-corrected chi connectivity index (χ2v) is 4.90. The SMILES string of the molecule is Nc1nnn(Cc2cccs2)c1C1CC1. The van der Waals surface area contributed by atoms with Crippen molar-refractivity contribution in [3.63, 3.8) is 0 Å². The molecule has 1 aliphatic rings. The predicted molar refractivity (Wildman–Crippen MR) is 59.8 cm³/mol. The molecular formula is C10H12N4S. The maximum absolute atomic E-state index is 5.82. The van der Waals surface area contributed by atoms with Crippen LogP contribution in [0.2, 0.25) is 0 Å². The van der Waals surface area contributed by atoms with Crippen molar-refractivity contribution in [2.45, 2.75) is 25.3 Å². The van der Waals surface area contributed by atoms with Crippen LogP contribution < -0.4 is 5.73 Å². The van der Waals surface area contributed by atoms with Gasteiger partial charge in [0.2, 0.25) is 0 Å². The van der Waals surface area contributed by atoms with E-state index in [0.29, 0.717) is 11.7 Å². The molecular weight excluding hydrogens is 208 g/mol. The Balaban J connectivity index is 1.91. The van der Waals surface area contributed by atoms with Gasteiger partial charge < -0.3 is 5.73 Å². The highest BCUT2D eigenvalue weighted by Crippen LogP contribution is 2.42. The summed E-state index contributed by atoms with van der Waals surface area (Å²) in [4.78, 5) is 1.29. The van der Waals surface area contributed by atoms with E-state index in [0.717, 1.165) is 12.2 Å². The van der Waals surface area contributed by atoms with Gasteiger partial charge in [0.05, 0.1) is 12.2 Å². The third-order valence-corrected chi connectivity index (χ3v) is 3.51. The number of hydrogen-bond donors (Lipinski definition) is 1. The summed E-state index contributed by atoms with van der Waals surface area (Å²) in [5.74, 6) is 1.20. The van der Waals surface area contributed by atoms with Gasteiger partial charge in [0, 0.05) is 10.8 Å². The van der Waals surface area contributed by atoms with Gasteiger partial charge in [0.25, 0.3) is 0 Å². The van der Waals surface area contributed by atoms with Gasteiger partial charge in [-0.1, -0.05) is 11.3 Å². The van der Waals surface area contributed by atoms with E-state index in [1.807, 2.05) is 4.68 Å². The second-order valence-electron chi connectivity index (χ2n) is 3.87. The van der Waals surface area contributed by atoms with Crippen LogP contribution in [0.15, 0.2) is 17.5 Å². The lowest BCUT2D eigenvalue weighted by Gasteiger charge is -2.03. The number of nitrogens with zero attached hydrogens (tertiary/aromatic N) is 3. The molecule has 2 aromatic rings. The Morgan fingerprint density at radius 3 is 3.07 bits per heavy atom. The summed E-state index contributed by atoms with van der Waals surface area (Å²) in [6.45, 7) is 0.799. The summed E-state index contributed by atoms with van der Waals surface area (Å²) in [5, 5.41) is 10.1. The van der Waals surface area contributed by atoms with Crippen LogP contribution in [0.1, 0.15) is 29.3 Å². The molecule has 4 nitrogen and oxygen atoms in total. The van der Waals surface area contributed by atoms with Crippen LogP contribution in [0.4, 0.5) is 5.82 Å². The molecule has 2 heterocycles. The Bertz CT molecular complexity index is 456. The fraction of sp³-hybridized carbons (Fsp3) is 0.400. The first-order valence-electron chi connectivity index (χ1n) is 5.06. The smallest absolute Gasteiger partial charge is 0.169 e. The van der Waals surface area contributed by atoms with Crippen LogP contribution in [-0.4, -0.2) is 15.0 Å². The number of thiophene rings is 1. The Morgan fingerprint density at radius 2 is 2.40 bits per heavy atom. The Kier molecular flexibility index (Phi) is 1.98. The molecule has 0 amide bonds. The molecule has 78 valence electrons. The molecule has 0 unspecified atom stereocenters. The van der Waals surface area contributed by atoms with Gasteiger partial charge in [0.1, 0.15) is 0 Å². The first kappa shape index (κ1) is 8.91. The molecule has 0 spiro atoms. The summed E-state index contributed by atoms with van der Waals surface area (Å²) < 4.78 is 1.94. The van der Waals surface area contributed by atoms with Gasteiger partial charge in [-0.25, -0.2) is 4.68 Å². The largest absolute Gasteiger partial charge is 0.381 e. The molecule has 0 aliphatic heterocycles. The summed E-state index contributed by atoms with van der Waals surface area (Å²) in [6.07, 6.45) is 2.45. The molecule has 3 rings (SSSR count). The highest BCUT2D eigenvalue weighted by Gasteiger charge is 2.30. The first-order chi connectivity index (χ1) is 7.34. The molecule has 2 aromatic heterocycles. The van der Waals surface area contributed by atoms with Crippen LogP contribution in [0.3, 0.4) is 0 Å². The lowest BCUT2D eigenvalue weighted by atomic mass is 10.3. The minimum atomic E-state index is 0.597. The summed E-state index contributed by atoms with van der Waals surface area (Å²) in [6, 6.07) is 4.16. The molecule has 0 saturated heterocycles. The number of nitrogens with two attached hydrogens (primary N) is 1. The van der Waals surface area contributed by atoms with Crippen molar-refractivity contribution < 1.29 is 0 Å². The zero-order valence-electron chi connectivity index (χ0n) is 8.26. The lowest BCUT2D eigenvalue weighted by molar-refractivity contribution is 0.625. The van der Waals surface area contributed by atoms with E-state index in [-0.39, 0.29) is 0 Å². The molecule has 0 radical (unpaired) electrons. The van der Waals surface area contributed by atoms with E-state index < -0.39 is 0 Å². The number of nitrogen functional groups attached to an aromatic ring is 1. The van der Waals surface area contributed by atoms with E-state index in [1.54, 1.807) is 11.3 Å². The maximum atomic E-state index is 5.82. The van der Waals surface area contributed by atoms with E-state index in [9.17, 15) is 0 Å². The van der Waals surface area contributed by atoms with Crippen LogP contribution in [0, 0.1) is 0 Å². The average molecular weight is 220 g/mol. The van der Waals surface area contributed by atoms with Crippen molar-refractivity contribution in [2.75, 3.05) is 5.73 Å². The Hall–Kier alpha value is -1.36. The first-order valence-corrected chi connectivity index (χ1v) is 5.94. The van der Waals surface area contributed by atoms with Gasteiger partial charge in [0.15, 0.2) is 5.82 Å². The van der Waals surface area contributed by atoms with E-state index >= 15 is 0 Å². The van der Waals surface area contributed by atoms with Gasteiger partial charge in [-0.3, -0.25) is 0 Å². The summed E-state index contributed by atoms with van der Waals surface area (Å²) in [7, 11) is 0. The quantitative estimate of drug-likeness (QED) is 0.858. The van der Waals surface area contributed by atoms with Crippen molar-refractivity contribution in [2.24, 2.45) is 0 Å². The van der Waals surface area contributed by atoms with Gasteiger partial charge in [-0.05, 0) is 24.3 Å². The van der Waals surface area contributed by atoms with Crippen LogP contribution in [-0.2, 0) is 6.54 Å². The second kappa shape index (κ2) is 3.34. The monoisotopic (exact) mass is 220 g/mol. The maximum Gasteiger partial charge on any atom is 0.169 e. The number of hydrogen-bond acceptors (Lipinski definition) is 4. The summed E-state index contributed by atoms with van der Waals surface area (Å²) >= 11 is 1.74. The van der Waals surface area contributed by atoms with Crippen LogP contribution in [0.25, 0.3) is 0 Å². The van der Waals surface area contributed by atoms with Crippen molar-refractivity contribution in [1.29, 1.82) is 0 Å². The molecule has 15 heavy (non-hydrogen) atoms. The van der Waals surface area contributed by atoms with E-state index in [2.05, 4.69) is 27.8 Å². The summed E-state index contributed by atoms with van der Waals surface area (Å²) in [5.41, 5.74) is 6.95. The molecule has 0 atom stereocenters. The number of rotatable bonds is 3. The standard InChI is InChI=1S/C10H12N4S/c11-10-9(7-3-4-7)14(13-12-10)6-8-2-1-5-15-8/h1-2,5,7H,3-4,6,11H2. The van der Waals surface area contributed by atoms with Crippen molar-refractivity contribution in [1.82, 2.24) is 15.0 Å². The zero-order valence-corrected chi connectivity index (χ0v) is 9.07. The fourth-order valence-corrected chi connectivity index (χ4v) is 2.46. The highest BCUT2D eigenvalue weighted by molar-refractivity contribution is 7.09. The van der Waals surface area contributed by atoms with Gasteiger partial charge in [-0.2, -0.15) is 0 Å². The van der Waals surface area contributed by atoms with E-state index in [1.165, 1.54) is 17.7 Å². The fourth-order valence-electron chi connectivity index (χ4n) is 1.78. The van der Waals surface area contributed by atoms with Crippen LogP contribution >= 0.6 is 11.3 Å².